The molecular weight excluding hydrogens is 262 g/mol. The van der Waals surface area contributed by atoms with Gasteiger partial charge in [0.25, 0.3) is 0 Å². The lowest BCUT2D eigenvalue weighted by Gasteiger charge is -2.25. The van der Waals surface area contributed by atoms with Crippen LogP contribution in [0, 0.1) is 18.8 Å². The Bertz CT molecular complexity index is 459. The summed E-state index contributed by atoms with van der Waals surface area (Å²) >= 11 is 0. The fraction of sp³-hybridized carbons (Fsp3) is 0.588. The van der Waals surface area contributed by atoms with Crippen molar-refractivity contribution in [1.82, 2.24) is 4.90 Å². The molecule has 0 bridgehead atoms. The molecule has 118 valence electrons. The van der Waals surface area contributed by atoms with E-state index in [4.69, 9.17) is 5.73 Å². The molecule has 1 aromatic rings. The van der Waals surface area contributed by atoms with Crippen LogP contribution in [0.5, 0.6) is 0 Å². The highest BCUT2D eigenvalue weighted by molar-refractivity contribution is 5.93. The largest absolute Gasteiger partial charge is 0.399 e. The Morgan fingerprint density at radius 3 is 2.29 bits per heavy atom. The normalized spacial score (nSPS) is 11.4. The van der Waals surface area contributed by atoms with Gasteiger partial charge in [-0.15, -0.1) is 0 Å². The summed E-state index contributed by atoms with van der Waals surface area (Å²) in [6.45, 7) is 12.9. The van der Waals surface area contributed by atoms with Gasteiger partial charge < -0.3 is 11.1 Å². The van der Waals surface area contributed by atoms with Gasteiger partial charge in [0.05, 0.1) is 6.54 Å². The van der Waals surface area contributed by atoms with E-state index in [1.165, 1.54) is 0 Å². The zero-order chi connectivity index (χ0) is 16.0. The van der Waals surface area contributed by atoms with Crippen molar-refractivity contribution in [3.8, 4) is 0 Å². The molecule has 3 N–H and O–H groups in total. The fourth-order valence-electron chi connectivity index (χ4n) is 2.40. The van der Waals surface area contributed by atoms with Crippen molar-refractivity contribution in [3.05, 3.63) is 23.8 Å². The summed E-state index contributed by atoms with van der Waals surface area (Å²) in [6, 6.07) is 5.57. The number of carbonyl (C=O) groups is 1. The molecule has 0 aliphatic carbocycles. The number of nitrogen functional groups attached to an aromatic ring is 1. The first-order chi connectivity index (χ1) is 9.77. The Hall–Kier alpha value is -1.55. The van der Waals surface area contributed by atoms with Gasteiger partial charge in [-0.25, -0.2) is 0 Å². The number of hydrogen-bond donors (Lipinski definition) is 2. The monoisotopic (exact) mass is 291 g/mol. The van der Waals surface area contributed by atoms with Crippen LogP contribution in [-0.4, -0.2) is 30.4 Å². The van der Waals surface area contributed by atoms with Crippen molar-refractivity contribution in [1.29, 1.82) is 0 Å². The molecule has 0 unspecified atom stereocenters. The highest BCUT2D eigenvalue weighted by Crippen LogP contribution is 2.18. The maximum atomic E-state index is 12.3. The highest BCUT2D eigenvalue weighted by atomic mass is 16.2. The van der Waals surface area contributed by atoms with Crippen LogP contribution in [0.25, 0.3) is 0 Å². The number of benzene rings is 1. The third-order valence-electron chi connectivity index (χ3n) is 3.15. The molecule has 1 rings (SSSR count). The minimum absolute atomic E-state index is 0.0185. The molecule has 0 spiro atoms. The second kappa shape index (κ2) is 8.03. The number of hydrogen-bond acceptors (Lipinski definition) is 3. The summed E-state index contributed by atoms with van der Waals surface area (Å²) in [7, 11) is 0. The highest BCUT2D eigenvalue weighted by Gasteiger charge is 2.14. The number of nitrogens with two attached hydrogens (primary N) is 1. The number of anilines is 2. The number of nitrogens with one attached hydrogen (secondary N) is 1. The van der Waals surface area contributed by atoms with Crippen molar-refractivity contribution >= 4 is 17.3 Å². The van der Waals surface area contributed by atoms with E-state index < -0.39 is 0 Å². The molecule has 0 saturated carbocycles. The Kier molecular flexibility index (Phi) is 6.69. The Morgan fingerprint density at radius 1 is 1.19 bits per heavy atom. The molecule has 0 atom stereocenters. The van der Waals surface area contributed by atoms with Gasteiger partial charge in [0.1, 0.15) is 0 Å². The van der Waals surface area contributed by atoms with Crippen LogP contribution in [-0.2, 0) is 4.79 Å². The van der Waals surface area contributed by atoms with E-state index in [1.807, 2.05) is 25.1 Å². The van der Waals surface area contributed by atoms with E-state index >= 15 is 0 Å². The standard InChI is InChI=1S/C17H29N3O/c1-12(2)9-20(10-13(3)4)11-17(21)19-16-8-15(18)7-6-14(16)5/h6-8,12-13H,9-11,18H2,1-5H3,(H,19,21). The topological polar surface area (TPSA) is 58.4 Å². The first kappa shape index (κ1) is 17.5. The van der Waals surface area contributed by atoms with Gasteiger partial charge >= 0.3 is 0 Å². The van der Waals surface area contributed by atoms with Crippen molar-refractivity contribution in [3.63, 3.8) is 0 Å². The molecule has 0 heterocycles. The smallest absolute Gasteiger partial charge is 0.238 e. The molecule has 4 nitrogen and oxygen atoms in total. The quantitative estimate of drug-likeness (QED) is 0.759. The molecule has 0 aliphatic heterocycles. The lowest BCUT2D eigenvalue weighted by molar-refractivity contribution is -0.117. The Labute approximate surface area is 128 Å². The number of rotatable bonds is 7. The third-order valence-corrected chi connectivity index (χ3v) is 3.15. The molecule has 21 heavy (non-hydrogen) atoms. The molecule has 4 heteroatoms. The molecule has 0 radical (unpaired) electrons. The van der Waals surface area contributed by atoms with Crippen molar-refractivity contribution in [2.24, 2.45) is 11.8 Å². The van der Waals surface area contributed by atoms with Crippen LogP contribution in [0.4, 0.5) is 11.4 Å². The van der Waals surface area contributed by atoms with Crippen molar-refractivity contribution < 1.29 is 4.79 Å². The van der Waals surface area contributed by atoms with Crippen molar-refractivity contribution in [2.45, 2.75) is 34.6 Å². The predicted molar refractivity (Wildman–Crippen MR) is 90.3 cm³/mol. The predicted octanol–water partition coefficient (Wildman–Crippen LogP) is 3.13. The molecule has 0 fully saturated rings. The number of carbonyl (C=O) groups excluding carboxylic acids is 1. The van der Waals surface area contributed by atoms with Crippen LogP contribution in [0.2, 0.25) is 0 Å². The van der Waals surface area contributed by atoms with Crippen LogP contribution >= 0.6 is 0 Å². The fourth-order valence-corrected chi connectivity index (χ4v) is 2.40. The molecule has 0 aliphatic rings. The zero-order valence-electron chi connectivity index (χ0n) is 13.9. The lowest BCUT2D eigenvalue weighted by atomic mass is 10.1. The maximum Gasteiger partial charge on any atom is 0.238 e. The third kappa shape index (κ3) is 6.63. The number of nitrogens with zero attached hydrogens (tertiary/aromatic N) is 1. The summed E-state index contributed by atoms with van der Waals surface area (Å²) < 4.78 is 0. The van der Waals surface area contributed by atoms with Crippen LogP contribution < -0.4 is 11.1 Å². The van der Waals surface area contributed by atoms with Crippen LogP contribution in [0.3, 0.4) is 0 Å². The summed E-state index contributed by atoms with van der Waals surface area (Å²) in [5.74, 6) is 1.11. The SMILES string of the molecule is Cc1ccc(N)cc1NC(=O)CN(CC(C)C)CC(C)C. The summed E-state index contributed by atoms with van der Waals surface area (Å²) in [5.41, 5.74) is 8.26. The van der Waals surface area contributed by atoms with Gasteiger partial charge in [-0.05, 0) is 36.5 Å². The first-order valence-electron chi connectivity index (χ1n) is 7.66. The van der Waals surface area contributed by atoms with Gasteiger partial charge in [-0.1, -0.05) is 33.8 Å². The molecule has 1 amide bonds. The Balaban J connectivity index is 2.66. The molecule has 0 saturated heterocycles. The zero-order valence-corrected chi connectivity index (χ0v) is 13.9. The minimum Gasteiger partial charge on any atom is -0.399 e. The first-order valence-corrected chi connectivity index (χ1v) is 7.66. The number of aryl methyl sites for hydroxylation is 1. The van der Waals surface area contributed by atoms with E-state index in [9.17, 15) is 4.79 Å². The van der Waals surface area contributed by atoms with E-state index in [-0.39, 0.29) is 5.91 Å². The second-order valence-corrected chi connectivity index (χ2v) is 6.60. The Morgan fingerprint density at radius 2 is 1.76 bits per heavy atom. The molecular formula is C17H29N3O. The van der Waals surface area contributed by atoms with E-state index in [1.54, 1.807) is 0 Å². The van der Waals surface area contributed by atoms with Crippen LogP contribution in [0.15, 0.2) is 18.2 Å². The van der Waals surface area contributed by atoms with Gasteiger partial charge in [-0.2, -0.15) is 0 Å². The maximum absolute atomic E-state index is 12.3. The average Bonchev–Trinajstić information content (AvgIpc) is 2.31. The van der Waals surface area contributed by atoms with Crippen LogP contribution in [0.1, 0.15) is 33.3 Å². The molecule has 1 aromatic carbocycles. The minimum atomic E-state index is 0.0185. The van der Waals surface area contributed by atoms with Gasteiger partial charge in [0, 0.05) is 24.5 Å². The molecule has 0 aromatic heterocycles. The van der Waals surface area contributed by atoms with E-state index in [0.29, 0.717) is 24.1 Å². The second-order valence-electron chi connectivity index (χ2n) is 6.60. The van der Waals surface area contributed by atoms with Gasteiger partial charge in [0.2, 0.25) is 5.91 Å². The van der Waals surface area contributed by atoms with E-state index in [2.05, 4.69) is 37.9 Å². The van der Waals surface area contributed by atoms with Gasteiger partial charge in [0.15, 0.2) is 0 Å². The van der Waals surface area contributed by atoms with Crippen molar-refractivity contribution in [2.75, 3.05) is 30.7 Å². The van der Waals surface area contributed by atoms with E-state index in [0.717, 1.165) is 24.3 Å². The number of amides is 1. The van der Waals surface area contributed by atoms with Gasteiger partial charge in [-0.3, -0.25) is 9.69 Å². The summed E-state index contributed by atoms with van der Waals surface area (Å²) in [4.78, 5) is 14.5. The summed E-state index contributed by atoms with van der Waals surface area (Å²) in [5, 5.41) is 2.97. The average molecular weight is 291 g/mol. The summed E-state index contributed by atoms with van der Waals surface area (Å²) in [6.07, 6.45) is 0. The lowest BCUT2D eigenvalue weighted by Crippen LogP contribution is -2.38.